The molecule has 0 spiro atoms. The minimum absolute atomic E-state index is 0.0307. The predicted octanol–water partition coefficient (Wildman–Crippen LogP) is 4.34. The summed E-state index contributed by atoms with van der Waals surface area (Å²) in [6, 6.07) is 16.4. The highest BCUT2D eigenvalue weighted by atomic mass is 16.5. The van der Waals surface area contributed by atoms with Crippen molar-refractivity contribution in [1.82, 2.24) is 10.2 Å². The first-order valence-corrected chi connectivity index (χ1v) is 10.2. The number of hydrogen-bond acceptors (Lipinski definition) is 3. The minimum Gasteiger partial charge on any atom is -0.497 e. The molecule has 2 rings (SSSR count). The fourth-order valence-corrected chi connectivity index (χ4v) is 3.12. The second kappa shape index (κ2) is 11.2. The van der Waals surface area contributed by atoms with Gasteiger partial charge in [-0.2, -0.15) is 0 Å². The van der Waals surface area contributed by atoms with E-state index < -0.39 is 6.04 Å². The first kappa shape index (κ1) is 22.5. The van der Waals surface area contributed by atoms with Gasteiger partial charge in [0.1, 0.15) is 11.8 Å². The van der Waals surface area contributed by atoms with Gasteiger partial charge in [0.25, 0.3) is 0 Å². The van der Waals surface area contributed by atoms with Crippen molar-refractivity contribution in [2.75, 3.05) is 13.7 Å². The number of amides is 2. The van der Waals surface area contributed by atoms with Crippen LogP contribution in [0.4, 0.5) is 0 Å². The van der Waals surface area contributed by atoms with Crippen molar-refractivity contribution < 1.29 is 14.3 Å². The van der Waals surface area contributed by atoms with Gasteiger partial charge < -0.3 is 15.0 Å². The van der Waals surface area contributed by atoms with Gasteiger partial charge in [-0.1, -0.05) is 63.2 Å². The van der Waals surface area contributed by atoms with Crippen LogP contribution in [0.1, 0.15) is 50.8 Å². The lowest BCUT2D eigenvalue weighted by Crippen LogP contribution is -2.44. The highest BCUT2D eigenvalue weighted by Crippen LogP contribution is 2.25. The van der Waals surface area contributed by atoms with E-state index in [2.05, 4.69) is 19.2 Å². The molecule has 1 N–H and O–H groups in total. The van der Waals surface area contributed by atoms with Crippen molar-refractivity contribution in [3.63, 3.8) is 0 Å². The zero-order chi connectivity index (χ0) is 21.2. The summed E-state index contributed by atoms with van der Waals surface area (Å²) >= 11 is 0. The van der Waals surface area contributed by atoms with Crippen molar-refractivity contribution in [2.24, 2.45) is 5.92 Å². The standard InChI is InChI=1S/C24H32N2O3/c1-5-9-22(27)26(17-19-12-14-21(29-4)15-13-19)23(20-10-7-6-8-11-20)24(28)25-16-18(2)3/h6-8,10-15,18,23H,5,9,16-17H2,1-4H3,(H,25,28)/t23-/m0/s1. The Morgan fingerprint density at radius 3 is 2.24 bits per heavy atom. The van der Waals surface area contributed by atoms with Crippen LogP contribution < -0.4 is 10.1 Å². The molecule has 0 aliphatic rings. The topological polar surface area (TPSA) is 58.6 Å². The maximum atomic E-state index is 13.2. The van der Waals surface area contributed by atoms with E-state index in [1.54, 1.807) is 12.0 Å². The second-order valence-corrected chi connectivity index (χ2v) is 7.57. The molecule has 5 heteroatoms. The molecule has 0 saturated heterocycles. The Labute approximate surface area is 174 Å². The van der Waals surface area contributed by atoms with E-state index in [0.29, 0.717) is 25.4 Å². The summed E-state index contributed by atoms with van der Waals surface area (Å²) in [6.07, 6.45) is 1.13. The maximum Gasteiger partial charge on any atom is 0.247 e. The molecule has 29 heavy (non-hydrogen) atoms. The summed E-state index contributed by atoms with van der Waals surface area (Å²) in [6.45, 7) is 7.00. The third kappa shape index (κ3) is 6.63. The van der Waals surface area contributed by atoms with Gasteiger partial charge in [-0.05, 0) is 35.6 Å². The van der Waals surface area contributed by atoms with Crippen LogP contribution in [0.3, 0.4) is 0 Å². The average molecular weight is 397 g/mol. The lowest BCUT2D eigenvalue weighted by molar-refractivity contribution is -0.141. The molecule has 0 heterocycles. The smallest absolute Gasteiger partial charge is 0.247 e. The van der Waals surface area contributed by atoms with Crippen LogP contribution in [-0.4, -0.2) is 30.4 Å². The molecule has 0 unspecified atom stereocenters. The van der Waals surface area contributed by atoms with Gasteiger partial charge in [0, 0.05) is 19.5 Å². The Morgan fingerprint density at radius 1 is 1.03 bits per heavy atom. The van der Waals surface area contributed by atoms with Gasteiger partial charge in [-0.25, -0.2) is 0 Å². The van der Waals surface area contributed by atoms with Gasteiger partial charge in [0.15, 0.2) is 0 Å². The lowest BCUT2D eigenvalue weighted by Gasteiger charge is -2.32. The Kier molecular flexibility index (Phi) is 8.71. The van der Waals surface area contributed by atoms with Crippen molar-refractivity contribution in [3.05, 3.63) is 65.7 Å². The minimum atomic E-state index is -0.670. The Morgan fingerprint density at radius 2 is 1.69 bits per heavy atom. The van der Waals surface area contributed by atoms with Gasteiger partial charge in [-0.15, -0.1) is 0 Å². The van der Waals surface area contributed by atoms with Gasteiger partial charge in [0.2, 0.25) is 11.8 Å². The molecule has 0 fully saturated rings. The predicted molar refractivity (Wildman–Crippen MR) is 115 cm³/mol. The van der Waals surface area contributed by atoms with Crippen LogP contribution in [0.2, 0.25) is 0 Å². The first-order chi connectivity index (χ1) is 14.0. The number of carbonyl (C=O) groups is 2. The third-order valence-corrected chi connectivity index (χ3v) is 4.66. The van der Waals surface area contributed by atoms with E-state index in [1.165, 1.54) is 0 Å². The molecule has 0 radical (unpaired) electrons. The zero-order valence-electron chi connectivity index (χ0n) is 17.9. The number of methoxy groups -OCH3 is 1. The van der Waals surface area contributed by atoms with Crippen molar-refractivity contribution in [1.29, 1.82) is 0 Å². The van der Waals surface area contributed by atoms with E-state index in [-0.39, 0.29) is 11.8 Å². The first-order valence-electron chi connectivity index (χ1n) is 10.2. The summed E-state index contributed by atoms with van der Waals surface area (Å²) in [5.41, 5.74) is 1.76. The fraction of sp³-hybridized carbons (Fsp3) is 0.417. The Balaban J connectivity index is 2.38. The molecule has 156 valence electrons. The molecule has 2 aromatic rings. The molecule has 5 nitrogen and oxygen atoms in total. The second-order valence-electron chi connectivity index (χ2n) is 7.57. The number of nitrogens with one attached hydrogen (secondary N) is 1. The Hall–Kier alpha value is -2.82. The van der Waals surface area contributed by atoms with Crippen LogP contribution >= 0.6 is 0 Å². The number of benzene rings is 2. The molecule has 0 aliphatic heterocycles. The van der Waals surface area contributed by atoms with Crippen molar-refractivity contribution in [3.8, 4) is 5.75 Å². The largest absolute Gasteiger partial charge is 0.497 e. The van der Waals surface area contributed by atoms with Crippen LogP contribution in [0.25, 0.3) is 0 Å². The van der Waals surface area contributed by atoms with E-state index in [9.17, 15) is 9.59 Å². The Bertz CT molecular complexity index is 772. The molecule has 2 amide bonds. The molecular formula is C24H32N2O3. The zero-order valence-corrected chi connectivity index (χ0v) is 17.9. The number of nitrogens with zero attached hydrogens (tertiary/aromatic N) is 1. The maximum absolute atomic E-state index is 13.2. The fourth-order valence-electron chi connectivity index (χ4n) is 3.12. The highest BCUT2D eigenvalue weighted by molar-refractivity contribution is 5.88. The highest BCUT2D eigenvalue weighted by Gasteiger charge is 2.31. The van der Waals surface area contributed by atoms with Crippen LogP contribution in [0, 0.1) is 5.92 Å². The monoisotopic (exact) mass is 396 g/mol. The van der Waals surface area contributed by atoms with Crippen LogP contribution in [-0.2, 0) is 16.1 Å². The van der Waals surface area contributed by atoms with E-state index in [1.807, 2.05) is 61.5 Å². The SMILES string of the molecule is CCCC(=O)N(Cc1ccc(OC)cc1)[C@H](C(=O)NCC(C)C)c1ccccc1. The van der Waals surface area contributed by atoms with Gasteiger partial charge in [0.05, 0.1) is 7.11 Å². The summed E-state index contributed by atoms with van der Waals surface area (Å²) in [5, 5.41) is 3.01. The van der Waals surface area contributed by atoms with Gasteiger partial charge >= 0.3 is 0 Å². The molecule has 1 atom stereocenters. The van der Waals surface area contributed by atoms with E-state index in [0.717, 1.165) is 23.3 Å². The molecule has 0 bridgehead atoms. The van der Waals surface area contributed by atoms with Crippen LogP contribution in [0.15, 0.2) is 54.6 Å². The lowest BCUT2D eigenvalue weighted by atomic mass is 10.0. The summed E-state index contributed by atoms with van der Waals surface area (Å²) in [4.78, 5) is 27.9. The summed E-state index contributed by atoms with van der Waals surface area (Å²) in [5.74, 6) is 0.908. The average Bonchev–Trinajstić information content (AvgIpc) is 2.73. The quantitative estimate of drug-likeness (QED) is 0.650. The summed E-state index contributed by atoms with van der Waals surface area (Å²) in [7, 11) is 1.62. The summed E-state index contributed by atoms with van der Waals surface area (Å²) < 4.78 is 5.22. The molecule has 2 aromatic carbocycles. The number of ether oxygens (including phenoxy) is 1. The molecule has 0 aliphatic carbocycles. The normalized spacial score (nSPS) is 11.8. The number of rotatable bonds is 10. The molecule has 0 aromatic heterocycles. The van der Waals surface area contributed by atoms with Crippen LogP contribution in [0.5, 0.6) is 5.75 Å². The number of carbonyl (C=O) groups excluding carboxylic acids is 2. The number of hydrogen-bond donors (Lipinski definition) is 1. The van der Waals surface area contributed by atoms with Crippen molar-refractivity contribution in [2.45, 2.75) is 46.2 Å². The third-order valence-electron chi connectivity index (χ3n) is 4.66. The van der Waals surface area contributed by atoms with E-state index >= 15 is 0 Å². The molecular weight excluding hydrogens is 364 g/mol. The van der Waals surface area contributed by atoms with Gasteiger partial charge in [-0.3, -0.25) is 9.59 Å². The van der Waals surface area contributed by atoms with E-state index in [4.69, 9.17) is 4.74 Å². The van der Waals surface area contributed by atoms with Crippen molar-refractivity contribution >= 4 is 11.8 Å². The molecule has 0 saturated carbocycles.